The summed E-state index contributed by atoms with van der Waals surface area (Å²) < 4.78 is 12.1. The summed E-state index contributed by atoms with van der Waals surface area (Å²) in [5, 5.41) is 11.8. The van der Waals surface area contributed by atoms with Gasteiger partial charge in [-0.1, -0.05) is 6.07 Å². The third kappa shape index (κ3) is 3.05. The van der Waals surface area contributed by atoms with Crippen LogP contribution in [0.4, 0.5) is 5.69 Å². The minimum absolute atomic E-state index is 0.595. The van der Waals surface area contributed by atoms with Crippen molar-refractivity contribution < 1.29 is 9.47 Å². The lowest BCUT2D eigenvalue weighted by Gasteiger charge is -2.11. The van der Waals surface area contributed by atoms with Crippen LogP contribution in [0, 0.1) is 0 Å². The van der Waals surface area contributed by atoms with Crippen LogP contribution in [0.15, 0.2) is 18.2 Å². The van der Waals surface area contributed by atoms with Gasteiger partial charge in [-0.15, -0.1) is 5.10 Å². The van der Waals surface area contributed by atoms with Gasteiger partial charge in [0, 0.05) is 25.9 Å². The van der Waals surface area contributed by atoms with Gasteiger partial charge in [0.1, 0.15) is 5.75 Å². The average Bonchev–Trinajstić information content (AvgIpc) is 2.91. The number of nitrogens with two attached hydrogens (primary N) is 1. The maximum Gasteiger partial charge on any atom is 0.187 e. The van der Waals surface area contributed by atoms with Crippen LogP contribution in [0.25, 0.3) is 11.4 Å². The highest BCUT2D eigenvalue weighted by atomic mass is 16.5. The first-order chi connectivity index (χ1) is 9.77. The predicted octanol–water partition coefficient (Wildman–Crippen LogP) is 1.36. The minimum atomic E-state index is 0.595. The van der Waals surface area contributed by atoms with Crippen molar-refractivity contribution >= 4 is 5.69 Å². The number of nitrogen functional groups attached to an aromatic ring is 1. The summed E-state index contributed by atoms with van der Waals surface area (Å²) in [6, 6.07) is 5.49. The Bertz CT molecular complexity index is 555. The molecule has 2 aromatic rings. The van der Waals surface area contributed by atoms with Crippen molar-refractivity contribution in [2.45, 2.75) is 19.4 Å². The lowest BCUT2D eigenvalue weighted by molar-refractivity contribution is 0.191. The van der Waals surface area contributed by atoms with Crippen molar-refractivity contribution in [1.82, 2.24) is 20.2 Å². The first kappa shape index (κ1) is 14.3. The molecule has 2 N–H and O–H groups in total. The Morgan fingerprint density at radius 1 is 1.25 bits per heavy atom. The van der Waals surface area contributed by atoms with Crippen LogP contribution in [0.2, 0.25) is 0 Å². The van der Waals surface area contributed by atoms with E-state index >= 15 is 0 Å². The van der Waals surface area contributed by atoms with E-state index in [1.165, 1.54) is 0 Å². The van der Waals surface area contributed by atoms with Gasteiger partial charge < -0.3 is 15.2 Å². The van der Waals surface area contributed by atoms with Crippen molar-refractivity contribution in [2.24, 2.45) is 0 Å². The smallest absolute Gasteiger partial charge is 0.187 e. The van der Waals surface area contributed by atoms with Crippen LogP contribution in [-0.4, -0.2) is 41.0 Å². The van der Waals surface area contributed by atoms with Crippen molar-refractivity contribution in [2.75, 3.05) is 26.6 Å². The molecule has 0 radical (unpaired) electrons. The molecule has 0 saturated carbocycles. The van der Waals surface area contributed by atoms with Gasteiger partial charge in [0.25, 0.3) is 0 Å². The number of aryl methyl sites for hydroxylation is 1. The molecule has 0 bridgehead atoms. The van der Waals surface area contributed by atoms with Crippen LogP contribution >= 0.6 is 0 Å². The van der Waals surface area contributed by atoms with Gasteiger partial charge in [0.2, 0.25) is 0 Å². The fourth-order valence-corrected chi connectivity index (χ4v) is 2.00. The SMILES string of the molecule is COCCCCn1nnnc1-c1c(N)cccc1OC. The first-order valence-electron chi connectivity index (χ1n) is 6.46. The first-order valence-corrected chi connectivity index (χ1v) is 6.46. The van der Waals surface area contributed by atoms with Crippen molar-refractivity contribution in [3.05, 3.63) is 18.2 Å². The summed E-state index contributed by atoms with van der Waals surface area (Å²) >= 11 is 0. The standard InChI is InChI=1S/C13H19N5O2/c1-19-9-4-3-8-18-13(15-16-17-18)12-10(14)6-5-7-11(12)20-2/h5-7H,3-4,8-9,14H2,1-2H3. The minimum Gasteiger partial charge on any atom is -0.496 e. The second kappa shape index (κ2) is 6.85. The zero-order valence-electron chi connectivity index (χ0n) is 11.7. The molecule has 0 aliphatic heterocycles. The zero-order valence-corrected chi connectivity index (χ0v) is 11.7. The van der Waals surface area contributed by atoms with Crippen molar-refractivity contribution in [1.29, 1.82) is 0 Å². The Kier molecular flexibility index (Phi) is 4.89. The number of hydrogen-bond acceptors (Lipinski definition) is 6. The molecule has 1 heterocycles. The molecule has 0 atom stereocenters. The van der Waals surface area contributed by atoms with Gasteiger partial charge in [-0.25, -0.2) is 4.68 Å². The molecule has 20 heavy (non-hydrogen) atoms. The third-order valence-electron chi connectivity index (χ3n) is 3.00. The second-order valence-electron chi connectivity index (χ2n) is 4.35. The monoisotopic (exact) mass is 277 g/mol. The van der Waals surface area contributed by atoms with E-state index in [4.69, 9.17) is 15.2 Å². The molecular weight excluding hydrogens is 258 g/mol. The Hall–Kier alpha value is -2.15. The number of nitrogens with zero attached hydrogens (tertiary/aromatic N) is 4. The normalized spacial score (nSPS) is 10.7. The number of anilines is 1. The molecule has 1 aromatic carbocycles. The van der Waals surface area contributed by atoms with Gasteiger partial charge in [0.05, 0.1) is 12.7 Å². The highest BCUT2D eigenvalue weighted by molar-refractivity contribution is 5.77. The summed E-state index contributed by atoms with van der Waals surface area (Å²) in [7, 11) is 3.29. The molecule has 108 valence electrons. The zero-order chi connectivity index (χ0) is 14.4. The topological polar surface area (TPSA) is 88.1 Å². The highest BCUT2D eigenvalue weighted by Gasteiger charge is 2.16. The number of hydrogen-bond donors (Lipinski definition) is 1. The Balaban J connectivity index is 2.23. The van der Waals surface area contributed by atoms with E-state index in [2.05, 4.69) is 15.5 Å². The fourth-order valence-electron chi connectivity index (χ4n) is 2.00. The maximum absolute atomic E-state index is 6.02. The Morgan fingerprint density at radius 3 is 2.85 bits per heavy atom. The number of rotatable bonds is 7. The van der Waals surface area contributed by atoms with Crippen LogP contribution in [-0.2, 0) is 11.3 Å². The molecule has 7 heteroatoms. The molecule has 0 aliphatic rings. The van der Waals surface area contributed by atoms with Crippen LogP contribution in [0.3, 0.4) is 0 Å². The molecule has 2 rings (SSSR count). The average molecular weight is 277 g/mol. The van der Waals surface area contributed by atoms with Crippen LogP contribution in [0.5, 0.6) is 5.75 Å². The van der Waals surface area contributed by atoms with E-state index in [0.29, 0.717) is 23.8 Å². The Labute approximate surface area is 117 Å². The number of unbranched alkanes of at least 4 members (excludes halogenated alkanes) is 1. The summed E-state index contributed by atoms with van der Waals surface area (Å²) in [6.45, 7) is 1.44. The number of benzene rings is 1. The number of methoxy groups -OCH3 is 2. The van der Waals surface area contributed by atoms with Crippen LogP contribution in [0.1, 0.15) is 12.8 Å². The van der Waals surface area contributed by atoms with E-state index < -0.39 is 0 Å². The Morgan fingerprint density at radius 2 is 2.10 bits per heavy atom. The van der Waals surface area contributed by atoms with Gasteiger partial charge in [0.15, 0.2) is 5.82 Å². The molecule has 0 amide bonds. The van der Waals surface area contributed by atoms with Gasteiger partial charge in [-0.05, 0) is 35.4 Å². The lowest BCUT2D eigenvalue weighted by Crippen LogP contribution is -2.06. The van der Waals surface area contributed by atoms with Crippen molar-refractivity contribution in [3.63, 3.8) is 0 Å². The maximum atomic E-state index is 6.02. The van der Waals surface area contributed by atoms with E-state index in [-0.39, 0.29) is 0 Å². The quantitative estimate of drug-likeness (QED) is 0.607. The summed E-state index contributed by atoms with van der Waals surface area (Å²) in [6.07, 6.45) is 1.89. The molecule has 0 saturated heterocycles. The van der Waals surface area contributed by atoms with E-state index in [1.54, 1.807) is 18.9 Å². The molecule has 0 spiro atoms. The summed E-state index contributed by atoms with van der Waals surface area (Å²) in [4.78, 5) is 0. The molecule has 0 aliphatic carbocycles. The molecule has 7 nitrogen and oxygen atoms in total. The molecule has 1 aromatic heterocycles. The second-order valence-corrected chi connectivity index (χ2v) is 4.35. The van der Waals surface area contributed by atoms with E-state index in [1.807, 2.05) is 18.2 Å². The van der Waals surface area contributed by atoms with E-state index in [9.17, 15) is 0 Å². The summed E-state index contributed by atoms with van der Waals surface area (Å²) in [5.74, 6) is 1.29. The van der Waals surface area contributed by atoms with E-state index in [0.717, 1.165) is 25.0 Å². The fraction of sp³-hybridized carbons (Fsp3) is 0.462. The highest BCUT2D eigenvalue weighted by Crippen LogP contribution is 2.33. The van der Waals surface area contributed by atoms with Gasteiger partial charge >= 0.3 is 0 Å². The molecule has 0 fully saturated rings. The molecule has 0 unspecified atom stereocenters. The molecular formula is C13H19N5O2. The third-order valence-corrected chi connectivity index (χ3v) is 3.00. The largest absolute Gasteiger partial charge is 0.496 e. The van der Waals surface area contributed by atoms with Crippen molar-refractivity contribution in [3.8, 4) is 17.1 Å². The number of tetrazole rings is 1. The lowest BCUT2D eigenvalue weighted by atomic mass is 10.1. The summed E-state index contributed by atoms with van der Waals surface area (Å²) in [5.41, 5.74) is 7.35. The van der Waals surface area contributed by atoms with Gasteiger partial charge in [-0.2, -0.15) is 0 Å². The van der Waals surface area contributed by atoms with Crippen LogP contribution < -0.4 is 10.5 Å². The predicted molar refractivity (Wildman–Crippen MR) is 75.3 cm³/mol. The number of aromatic nitrogens is 4. The van der Waals surface area contributed by atoms with Gasteiger partial charge in [-0.3, -0.25) is 0 Å². The number of ether oxygens (including phenoxy) is 2.